The number of benzene rings is 8. The lowest BCUT2D eigenvalue weighted by Crippen LogP contribution is -2.48. The summed E-state index contributed by atoms with van der Waals surface area (Å²) >= 11 is 13.6. The first-order valence-electron chi connectivity index (χ1n) is 29.5. The summed E-state index contributed by atoms with van der Waals surface area (Å²) in [7, 11) is 0. The molecule has 1 aliphatic rings. The third kappa shape index (κ3) is 17.0. The molecule has 470 valence electrons. The van der Waals surface area contributed by atoms with Gasteiger partial charge in [-0.05, 0) is 103 Å². The number of aryl methyl sites for hydroxylation is 2. The third-order valence-corrected chi connectivity index (χ3v) is 15.4. The van der Waals surface area contributed by atoms with Crippen LogP contribution in [0, 0.1) is 13.8 Å². The molecular formula is C73H77Cl2FN4O10. The van der Waals surface area contributed by atoms with Crippen LogP contribution in [-0.4, -0.2) is 73.2 Å². The molecule has 0 radical (unpaired) electrons. The summed E-state index contributed by atoms with van der Waals surface area (Å²) in [5, 5.41) is 8.91. The number of hydrogen-bond donors (Lipinski definition) is 4. The topological polar surface area (TPSA) is 194 Å². The Kier molecular flexibility index (Phi) is 23.2. The van der Waals surface area contributed by atoms with E-state index in [0.29, 0.717) is 32.3 Å². The number of carbonyl (C=O) groups is 5. The van der Waals surface area contributed by atoms with Crippen LogP contribution >= 0.6 is 23.2 Å². The summed E-state index contributed by atoms with van der Waals surface area (Å²) < 4.78 is 29.4. The van der Waals surface area contributed by atoms with E-state index >= 15 is 0 Å². The maximum Gasteiger partial charge on any atom is 0.407 e. The molecule has 90 heavy (non-hydrogen) atoms. The highest BCUT2D eigenvalue weighted by atomic mass is 35.5. The SMILES string of the molecule is Cc1ccc(C(OC(=O)C(CCNC(=O)OC(C)(C)C)NC(=O)OCC2c3ccccc3-c3ccccc32)(c2ccccc2)c2ccccc2Cl)cc1.Cc1ccc(C(OC(=O)C(N)CCNC(=O)OC(C)(C)C)(c2ccccc2)c2ccccc2Cl)cc1.F. The Hall–Kier alpha value is -9.02. The smallest absolute Gasteiger partial charge is 0.407 e. The fourth-order valence-corrected chi connectivity index (χ4v) is 11.1. The van der Waals surface area contributed by atoms with Gasteiger partial charge in [-0.1, -0.05) is 228 Å². The molecule has 1 aliphatic carbocycles. The summed E-state index contributed by atoms with van der Waals surface area (Å²) in [6.07, 6.45) is -1.88. The molecule has 8 aromatic carbocycles. The fraction of sp³-hybridized carbons (Fsp3) is 0.274. The molecular weight excluding hydrogens is 1180 g/mol. The third-order valence-electron chi connectivity index (χ3n) is 14.7. The van der Waals surface area contributed by atoms with Gasteiger partial charge in [0.1, 0.15) is 29.9 Å². The van der Waals surface area contributed by atoms with Gasteiger partial charge in [0.2, 0.25) is 0 Å². The van der Waals surface area contributed by atoms with Gasteiger partial charge in [0.15, 0.2) is 11.2 Å². The van der Waals surface area contributed by atoms with Crippen molar-refractivity contribution < 1.29 is 52.4 Å². The van der Waals surface area contributed by atoms with Crippen LogP contribution < -0.4 is 21.7 Å². The lowest BCUT2D eigenvalue weighted by molar-refractivity contribution is -0.156. The van der Waals surface area contributed by atoms with Crippen LogP contribution in [0.25, 0.3) is 11.1 Å². The monoisotopic (exact) mass is 1260 g/mol. The van der Waals surface area contributed by atoms with Crippen molar-refractivity contribution in [1.29, 1.82) is 0 Å². The van der Waals surface area contributed by atoms with Crippen molar-refractivity contribution in [3.8, 4) is 11.1 Å². The average Bonchev–Trinajstić information content (AvgIpc) is 0.878. The minimum Gasteiger partial charge on any atom is -0.449 e. The number of amides is 3. The highest BCUT2D eigenvalue weighted by Crippen LogP contribution is 2.47. The van der Waals surface area contributed by atoms with Crippen molar-refractivity contribution in [3.63, 3.8) is 0 Å². The van der Waals surface area contributed by atoms with E-state index in [1.54, 1.807) is 53.7 Å². The zero-order chi connectivity index (χ0) is 63.9. The number of nitrogens with one attached hydrogen (secondary N) is 3. The second-order valence-electron chi connectivity index (χ2n) is 23.7. The van der Waals surface area contributed by atoms with Gasteiger partial charge >= 0.3 is 30.2 Å². The zero-order valence-electron chi connectivity index (χ0n) is 51.7. The first-order valence-corrected chi connectivity index (χ1v) is 30.3. The maximum atomic E-state index is 14.6. The van der Waals surface area contributed by atoms with Crippen LogP contribution in [0.4, 0.5) is 19.1 Å². The first-order chi connectivity index (χ1) is 42.5. The van der Waals surface area contributed by atoms with Crippen LogP contribution in [0.5, 0.6) is 0 Å². The normalized spacial score (nSPS) is 13.7. The highest BCUT2D eigenvalue weighted by molar-refractivity contribution is 6.32. The second kappa shape index (κ2) is 30.5. The van der Waals surface area contributed by atoms with Crippen LogP contribution in [0.3, 0.4) is 0 Å². The Morgan fingerprint density at radius 2 is 0.822 bits per heavy atom. The van der Waals surface area contributed by atoms with Crippen molar-refractivity contribution in [1.82, 2.24) is 16.0 Å². The molecule has 0 spiro atoms. The number of esters is 2. The van der Waals surface area contributed by atoms with E-state index in [1.807, 2.05) is 196 Å². The summed E-state index contributed by atoms with van der Waals surface area (Å²) in [4.78, 5) is 66.2. The number of halogens is 3. The van der Waals surface area contributed by atoms with Gasteiger partial charge in [-0.3, -0.25) is 9.50 Å². The summed E-state index contributed by atoms with van der Waals surface area (Å²) in [5.74, 6) is -1.56. The molecule has 4 unspecified atom stereocenters. The number of alkyl carbamates (subject to hydrolysis) is 3. The average molecular weight is 1260 g/mol. The first kappa shape index (κ1) is 68.5. The molecule has 0 heterocycles. The van der Waals surface area contributed by atoms with E-state index in [0.717, 1.165) is 44.5 Å². The molecule has 0 saturated heterocycles. The minimum absolute atomic E-state index is 0. The van der Waals surface area contributed by atoms with Gasteiger partial charge < -0.3 is 45.4 Å². The highest BCUT2D eigenvalue weighted by Gasteiger charge is 2.45. The summed E-state index contributed by atoms with van der Waals surface area (Å²) in [6.45, 7) is 14.8. The van der Waals surface area contributed by atoms with Crippen LogP contribution in [0.15, 0.2) is 206 Å². The second-order valence-corrected chi connectivity index (χ2v) is 24.5. The van der Waals surface area contributed by atoms with E-state index in [9.17, 15) is 24.0 Å². The van der Waals surface area contributed by atoms with Crippen molar-refractivity contribution in [2.75, 3.05) is 19.7 Å². The Bertz CT molecular complexity index is 3690. The van der Waals surface area contributed by atoms with Crippen LogP contribution in [0.2, 0.25) is 10.0 Å². The minimum atomic E-state index is -1.51. The van der Waals surface area contributed by atoms with Gasteiger partial charge in [-0.2, -0.15) is 0 Å². The molecule has 0 aliphatic heterocycles. The molecule has 0 bridgehead atoms. The standard InChI is InChI=1S/C44H43ClN2O6.C29H33ClN2O4.FH/c1-29-22-24-31(25-23-29)44(30-14-6-5-7-15-30,37-20-12-13-21-38(37)45)52-40(48)39(26-27-46-41(49)53-43(2,3)4)47-42(50)51-28-36-34-18-10-8-16-32(34)33-17-9-11-19-35(33)36;1-20-14-16-22(17-15-20)29(21-10-6-5-7-11-21,23-12-8-9-13-24(23)30)35-26(33)25(31)18-19-32-27(34)36-28(2,3)4;/h5-25,36,39H,26-28H2,1-4H3,(H,46,49)(H,47,50);5-17,25H,18-19,31H2,1-4H3,(H,32,34);1H. The molecule has 3 amide bonds. The Morgan fingerprint density at radius 3 is 1.24 bits per heavy atom. The molecule has 14 nitrogen and oxygen atoms in total. The molecule has 4 atom stereocenters. The number of hydrogen-bond acceptors (Lipinski definition) is 11. The summed E-state index contributed by atoms with van der Waals surface area (Å²) in [6, 6.07) is 62.6. The predicted molar refractivity (Wildman–Crippen MR) is 350 cm³/mol. The Labute approximate surface area is 536 Å². The molecule has 17 heteroatoms. The van der Waals surface area contributed by atoms with Gasteiger partial charge in [0, 0.05) is 62.4 Å². The van der Waals surface area contributed by atoms with E-state index in [2.05, 4.69) is 28.1 Å². The van der Waals surface area contributed by atoms with Crippen molar-refractivity contribution >= 4 is 53.4 Å². The number of carbonyl (C=O) groups excluding carboxylic acids is 5. The van der Waals surface area contributed by atoms with Crippen LogP contribution in [0.1, 0.15) is 116 Å². The maximum absolute atomic E-state index is 14.6. The fourth-order valence-electron chi connectivity index (χ4n) is 10.6. The zero-order valence-corrected chi connectivity index (χ0v) is 53.2. The number of nitrogens with two attached hydrogens (primary N) is 1. The number of ether oxygens (including phenoxy) is 5. The van der Waals surface area contributed by atoms with E-state index < -0.39 is 64.7 Å². The molecule has 5 N–H and O–H groups in total. The molecule has 8 aromatic rings. The molecule has 0 fully saturated rings. The van der Waals surface area contributed by atoms with E-state index in [1.165, 1.54) is 0 Å². The molecule has 9 rings (SSSR count). The quantitative estimate of drug-likeness (QED) is 0.0342. The van der Waals surface area contributed by atoms with E-state index in [-0.39, 0.29) is 43.2 Å². The lowest BCUT2D eigenvalue weighted by Gasteiger charge is -2.37. The summed E-state index contributed by atoms with van der Waals surface area (Å²) in [5.41, 5.74) is 12.4. The van der Waals surface area contributed by atoms with Crippen molar-refractivity contribution in [2.45, 2.75) is 109 Å². The van der Waals surface area contributed by atoms with Crippen LogP contribution in [-0.2, 0) is 44.5 Å². The largest absolute Gasteiger partial charge is 0.449 e. The van der Waals surface area contributed by atoms with Crippen molar-refractivity contribution in [2.24, 2.45) is 5.73 Å². The van der Waals surface area contributed by atoms with E-state index in [4.69, 9.17) is 52.6 Å². The predicted octanol–water partition coefficient (Wildman–Crippen LogP) is 15.2. The molecule has 0 aromatic heterocycles. The van der Waals surface area contributed by atoms with Crippen molar-refractivity contribution in [3.05, 3.63) is 272 Å². The Morgan fingerprint density at radius 1 is 0.456 bits per heavy atom. The number of rotatable bonds is 19. The Balaban J connectivity index is 0.000000273. The van der Waals surface area contributed by atoms with Gasteiger partial charge in [0.25, 0.3) is 0 Å². The van der Waals surface area contributed by atoms with Gasteiger partial charge in [0.05, 0.1) is 0 Å². The number of fused-ring (bicyclic) bond motifs is 3. The van der Waals surface area contributed by atoms with Gasteiger partial charge in [-0.15, -0.1) is 0 Å². The molecule has 0 saturated carbocycles. The van der Waals surface area contributed by atoms with Gasteiger partial charge in [-0.25, -0.2) is 19.2 Å². The lowest BCUT2D eigenvalue weighted by atomic mass is 9.79.